The normalized spacial score (nSPS) is 18.5. The van der Waals surface area contributed by atoms with Gasteiger partial charge >= 0.3 is 0 Å². The topological polar surface area (TPSA) is 65.8 Å². The van der Waals surface area contributed by atoms with Gasteiger partial charge in [0.2, 0.25) is 5.91 Å². The van der Waals surface area contributed by atoms with E-state index in [0.717, 1.165) is 5.69 Å². The number of amides is 1. The molecule has 0 radical (unpaired) electrons. The Morgan fingerprint density at radius 2 is 2.06 bits per heavy atom. The predicted molar refractivity (Wildman–Crippen MR) is 118 cm³/mol. The Morgan fingerprint density at radius 3 is 2.74 bits per heavy atom. The summed E-state index contributed by atoms with van der Waals surface area (Å²) in [6.07, 6.45) is -0.0266. The van der Waals surface area contributed by atoms with Gasteiger partial charge in [-0.1, -0.05) is 29.4 Å². The van der Waals surface area contributed by atoms with Crippen LogP contribution in [0.2, 0.25) is 5.02 Å². The van der Waals surface area contributed by atoms with Gasteiger partial charge in [-0.2, -0.15) is 5.26 Å². The first kappa shape index (κ1) is 21.3. The molecule has 2 aliphatic rings. The number of ether oxygens (including phenoxy) is 2. The van der Waals surface area contributed by atoms with Gasteiger partial charge in [-0.25, -0.2) is 4.39 Å². The van der Waals surface area contributed by atoms with E-state index in [0.29, 0.717) is 28.0 Å². The van der Waals surface area contributed by atoms with Gasteiger partial charge in [0.05, 0.1) is 49.1 Å². The molecule has 0 spiro atoms. The maximum atomic E-state index is 14.5. The van der Waals surface area contributed by atoms with Gasteiger partial charge < -0.3 is 14.4 Å². The molecule has 9 heteroatoms. The maximum absolute atomic E-state index is 14.5. The summed E-state index contributed by atoms with van der Waals surface area (Å²) in [4.78, 5) is 16.6. The Bertz CT molecular complexity index is 1100. The van der Waals surface area contributed by atoms with Crippen molar-refractivity contribution in [1.29, 1.82) is 5.26 Å². The highest BCUT2D eigenvalue weighted by Crippen LogP contribution is 2.46. The molecule has 0 aromatic heterocycles. The summed E-state index contributed by atoms with van der Waals surface area (Å²) >= 11 is 7.59. The predicted octanol–water partition coefficient (Wildman–Crippen LogP) is 4.72. The van der Waals surface area contributed by atoms with Gasteiger partial charge in [0.25, 0.3) is 0 Å². The molecule has 1 saturated heterocycles. The maximum Gasteiger partial charge on any atom is 0.229 e. The number of carbonyl (C=O) groups excluding carboxylic acids is 1. The number of hydrogen-bond acceptors (Lipinski definition) is 6. The van der Waals surface area contributed by atoms with Gasteiger partial charge in [-0.15, -0.1) is 0 Å². The molecule has 2 aromatic carbocycles. The molecule has 0 aliphatic carbocycles. The number of methoxy groups -OCH3 is 2. The first-order valence-corrected chi connectivity index (χ1v) is 10.8. The van der Waals surface area contributed by atoms with Crippen molar-refractivity contribution in [2.45, 2.75) is 12.3 Å². The Morgan fingerprint density at radius 1 is 1.26 bits per heavy atom. The van der Waals surface area contributed by atoms with Crippen LogP contribution in [0, 0.1) is 17.1 Å². The number of allylic oxidation sites excluding steroid dienone is 1. The Kier molecular flexibility index (Phi) is 5.99. The van der Waals surface area contributed by atoms with Crippen molar-refractivity contribution in [1.82, 2.24) is 4.90 Å². The Hall–Kier alpha value is -2.89. The average molecular weight is 460 g/mol. The average Bonchev–Trinajstić information content (AvgIpc) is 2.78. The van der Waals surface area contributed by atoms with Crippen molar-refractivity contribution in [3.8, 4) is 17.6 Å². The third kappa shape index (κ3) is 3.80. The van der Waals surface area contributed by atoms with Gasteiger partial charge in [0.1, 0.15) is 17.3 Å². The summed E-state index contributed by atoms with van der Waals surface area (Å²) in [7, 11) is 3.15. The lowest BCUT2D eigenvalue weighted by Gasteiger charge is -2.42. The zero-order chi connectivity index (χ0) is 22.1. The highest BCUT2D eigenvalue weighted by Gasteiger charge is 2.40. The molecule has 2 heterocycles. The third-order valence-electron chi connectivity index (χ3n) is 5.37. The van der Waals surface area contributed by atoms with Crippen molar-refractivity contribution >= 4 is 35.0 Å². The fourth-order valence-electron chi connectivity index (χ4n) is 3.85. The monoisotopic (exact) mass is 459 g/mol. The van der Waals surface area contributed by atoms with Crippen LogP contribution in [-0.2, 0) is 4.79 Å². The standard InChI is InChI=1S/C22H19ClFN3O3S/c1-29-13-6-7-18(19(8-13)30-2)26-11-27-20(28)9-14(15(10-25)22(27)31-12-26)21-16(23)4-3-5-17(21)24/h3-8,14H,9,11-12H2,1-2H3/t14-/m0/s1. The molecule has 2 aliphatic heterocycles. The van der Waals surface area contributed by atoms with E-state index in [2.05, 4.69) is 6.07 Å². The van der Waals surface area contributed by atoms with Crippen molar-refractivity contribution in [2.75, 3.05) is 31.7 Å². The van der Waals surface area contributed by atoms with E-state index in [9.17, 15) is 14.4 Å². The lowest BCUT2D eigenvalue weighted by Crippen LogP contribution is -2.47. The molecule has 4 rings (SSSR count). The first-order chi connectivity index (χ1) is 15.0. The lowest BCUT2D eigenvalue weighted by atomic mass is 9.86. The van der Waals surface area contributed by atoms with Crippen LogP contribution < -0.4 is 14.4 Å². The quantitative estimate of drug-likeness (QED) is 0.659. The third-order valence-corrected chi connectivity index (χ3v) is 6.85. The molecular weight excluding hydrogens is 441 g/mol. The zero-order valence-corrected chi connectivity index (χ0v) is 18.5. The lowest BCUT2D eigenvalue weighted by molar-refractivity contribution is -0.129. The fourth-order valence-corrected chi connectivity index (χ4v) is 5.30. The smallest absolute Gasteiger partial charge is 0.229 e. The van der Waals surface area contributed by atoms with Crippen LogP contribution in [0.1, 0.15) is 17.9 Å². The van der Waals surface area contributed by atoms with Gasteiger partial charge in [-0.3, -0.25) is 9.69 Å². The second kappa shape index (κ2) is 8.69. The number of carbonyl (C=O) groups is 1. The molecule has 0 saturated carbocycles. The second-order valence-electron chi connectivity index (χ2n) is 7.04. The number of benzene rings is 2. The Balaban J connectivity index is 1.70. The number of nitriles is 1. The molecule has 1 atom stereocenters. The molecule has 0 N–H and O–H groups in total. The number of rotatable bonds is 4. The number of hydrogen-bond donors (Lipinski definition) is 0. The van der Waals surface area contributed by atoms with Crippen LogP contribution in [0.25, 0.3) is 0 Å². The number of halogens is 2. The summed E-state index contributed by atoms with van der Waals surface area (Å²) in [5.74, 6) is 0.363. The van der Waals surface area contributed by atoms with Crippen LogP contribution in [0.4, 0.5) is 10.1 Å². The minimum Gasteiger partial charge on any atom is -0.497 e. The van der Waals surface area contributed by atoms with Crippen molar-refractivity contribution in [3.05, 3.63) is 63.4 Å². The molecule has 0 unspecified atom stereocenters. The summed E-state index contributed by atoms with van der Waals surface area (Å²) in [5.41, 5.74) is 1.36. The van der Waals surface area contributed by atoms with E-state index in [4.69, 9.17) is 21.1 Å². The van der Waals surface area contributed by atoms with E-state index in [1.807, 2.05) is 17.0 Å². The van der Waals surface area contributed by atoms with Crippen molar-refractivity contribution in [3.63, 3.8) is 0 Å². The van der Waals surface area contributed by atoms with Crippen molar-refractivity contribution in [2.24, 2.45) is 0 Å². The van der Waals surface area contributed by atoms with Crippen LogP contribution in [0.15, 0.2) is 47.0 Å². The fraction of sp³-hybridized carbons (Fsp3) is 0.273. The molecule has 1 amide bonds. The molecule has 0 bridgehead atoms. The van der Waals surface area contributed by atoms with E-state index in [1.165, 1.54) is 23.9 Å². The van der Waals surface area contributed by atoms with E-state index < -0.39 is 11.7 Å². The molecule has 1 fully saturated rings. The van der Waals surface area contributed by atoms with Crippen LogP contribution in [0.3, 0.4) is 0 Å². The summed E-state index contributed by atoms with van der Waals surface area (Å²) in [6.45, 7) is 0.257. The van der Waals surface area contributed by atoms with Gasteiger partial charge in [0, 0.05) is 29.0 Å². The summed E-state index contributed by atoms with van der Waals surface area (Å²) in [5, 5.41) is 10.6. The highest BCUT2D eigenvalue weighted by molar-refractivity contribution is 8.03. The number of nitrogens with zero attached hydrogens (tertiary/aromatic N) is 3. The van der Waals surface area contributed by atoms with Crippen LogP contribution >= 0.6 is 23.4 Å². The highest BCUT2D eigenvalue weighted by atomic mass is 35.5. The number of fused-ring (bicyclic) bond motifs is 1. The molecule has 160 valence electrons. The largest absolute Gasteiger partial charge is 0.497 e. The molecular formula is C22H19ClFN3O3S. The Labute approximate surface area is 188 Å². The first-order valence-electron chi connectivity index (χ1n) is 9.46. The minimum atomic E-state index is -0.702. The molecule has 2 aromatic rings. The van der Waals surface area contributed by atoms with E-state index in [-0.39, 0.29) is 29.6 Å². The van der Waals surface area contributed by atoms with E-state index >= 15 is 0 Å². The SMILES string of the molecule is COc1ccc(N2CSC3=C(C#N)[C@@H](c4c(F)cccc4Cl)CC(=O)N3C2)c(OC)c1. The van der Waals surface area contributed by atoms with Gasteiger partial charge in [-0.05, 0) is 24.3 Å². The summed E-state index contributed by atoms with van der Waals surface area (Å²) < 4.78 is 25.3. The second-order valence-corrected chi connectivity index (χ2v) is 8.38. The van der Waals surface area contributed by atoms with E-state index in [1.54, 1.807) is 31.3 Å². The number of anilines is 1. The summed E-state index contributed by atoms with van der Waals surface area (Å²) in [6, 6.07) is 12.0. The van der Waals surface area contributed by atoms with Crippen LogP contribution in [-0.4, -0.2) is 37.6 Å². The molecule has 6 nitrogen and oxygen atoms in total. The van der Waals surface area contributed by atoms with Crippen LogP contribution in [0.5, 0.6) is 11.5 Å². The minimum absolute atomic E-state index is 0.0266. The van der Waals surface area contributed by atoms with Crippen molar-refractivity contribution < 1.29 is 18.7 Å². The van der Waals surface area contributed by atoms with Gasteiger partial charge in [0.15, 0.2) is 0 Å². The molecule has 31 heavy (non-hydrogen) atoms. The zero-order valence-electron chi connectivity index (χ0n) is 16.9. The number of thioether (sulfide) groups is 1.